The molecule has 3 N–H and O–H groups in total. The molecule has 0 aromatic heterocycles. The van der Waals surface area contributed by atoms with Crippen molar-refractivity contribution in [1.82, 2.24) is 10.6 Å². The first-order valence-electron chi connectivity index (χ1n) is 7.25. The number of hydrogen-bond donors (Lipinski definition) is 3. The topological polar surface area (TPSA) is 70.6 Å². The molecule has 1 fully saturated rings. The predicted molar refractivity (Wildman–Crippen MR) is 83.1 cm³/mol. The quantitative estimate of drug-likeness (QED) is 0.801. The van der Waals surface area contributed by atoms with Crippen LogP contribution in [0, 0.1) is 0 Å². The second kappa shape index (κ2) is 6.60. The highest BCUT2D eigenvalue weighted by molar-refractivity contribution is 5.94. The van der Waals surface area contributed by atoms with Crippen molar-refractivity contribution in [3.05, 3.63) is 60.2 Å². The third-order valence-electron chi connectivity index (χ3n) is 3.59. The van der Waals surface area contributed by atoms with Gasteiger partial charge in [0.15, 0.2) is 0 Å². The monoisotopic (exact) mass is 298 g/mol. The Labute approximate surface area is 128 Å². The summed E-state index contributed by atoms with van der Waals surface area (Å²) < 4.78 is 5.68. The van der Waals surface area contributed by atoms with E-state index >= 15 is 0 Å². The minimum Gasteiger partial charge on any atom is -0.457 e. The van der Waals surface area contributed by atoms with Gasteiger partial charge in [0.2, 0.25) is 0 Å². The van der Waals surface area contributed by atoms with E-state index in [1.54, 1.807) is 24.3 Å². The number of hydrogen-bond acceptors (Lipinski definition) is 4. The van der Waals surface area contributed by atoms with Crippen LogP contribution in [0.2, 0.25) is 0 Å². The van der Waals surface area contributed by atoms with E-state index in [0.29, 0.717) is 24.4 Å². The molecule has 1 saturated heterocycles. The zero-order valence-corrected chi connectivity index (χ0v) is 12.0. The smallest absolute Gasteiger partial charge is 0.251 e. The van der Waals surface area contributed by atoms with E-state index in [9.17, 15) is 9.90 Å². The van der Waals surface area contributed by atoms with E-state index in [1.165, 1.54) is 0 Å². The normalized spacial score (nSPS) is 20.6. The zero-order chi connectivity index (χ0) is 15.4. The molecule has 5 heteroatoms. The highest BCUT2D eigenvalue weighted by atomic mass is 16.5. The number of nitrogens with one attached hydrogen (secondary N) is 2. The van der Waals surface area contributed by atoms with Gasteiger partial charge in [-0.3, -0.25) is 4.79 Å². The molecule has 0 aliphatic carbocycles. The second-order valence-corrected chi connectivity index (χ2v) is 5.25. The van der Waals surface area contributed by atoms with Crippen LogP contribution in [0.25, 0.3) is 0 Å². The molecule has 1 heterocycles. The summed E-state index contributed by atoms with van der Waals surface area (Å²) >= 11 is 0. The molecule has 1 amide bonds. The lowest BCUT2D eigenvalue weighted by Crippen LogP contribution is -2.42. The number of benzene rings is 2. The van der Waals surface area contributed by atoms with Crippen LogP contribution in [0.15, 0.2) is 54.6 Å². The molecule has 5 nitrogen and oxygen atoms in total. The van der Waals surface area contributed by atoms with Gasteiger partial charge in [-0.15, -0.1) is 0 Å². The van der Waals surface area contributed by atoms with Crippen LogP contribution >= 0.6 is 0 Å². The van der Waals surface area contributed by atoms with E-state index in [2.05, 4.69) is 10.6 Å². The summed E-state index contributed by atoms with van der Waals surface area (Å²) in [6.07, 6.45) is -0.537. The highest BCUT2D eigenvalue weighted by Gasteiger charge is 2.26. The molecule has 1 aliphatic heterocycles. The van der Waals surface area contributed by atoms with Crippen LogP contribution in [0.3, 0.4) is 0 Å². The van der Waals surface area contributed by atoms with E-state index in [-0.39, 0.29) is 11.9 Å². The summed E-state index contributed by atoms with van der Waals surface area (Å²) in [5.74, 6) is 1.23. The number of ether oxygens (including phenoxy) is 1. The van der Waals surface area contributed by atoms with E-state index in [0.717, 1.165) is 5.75 Å². The Kier molecular flexibility index (Phi) is 4.37. The van der Waals surface area contributed by atoms with Gasteiger partial charge in [0.25, 0.3) is 5.91 Å². The molecule has 2 aromatic rings. The number of carbonyl (C=O) groups excluding carboxylic acids is 1. The van der Waals surface area contributed by atoms with Crippen LogP contribution in [0.5, 0.6) is 11.5 Å². The number of para-hydroxylation sites is 1. The lowest BCUT2D eigenvalue weighted by Gasteiger charge is -2.15. The Hall–Kier alpha value is -2.37. The van der Waals surface area contributed by atoms with Gasteiger partial charge >= 0.3 is 0 Å². The maximum Gasteiger partial charge on any atom is 0.251 e. The average Bonchev–Trinajstić information content (AvgIpc) is 2.94. The van der Waals surface area contributed by atoms with Gasteiger partial charge in [0.05, 0.1) is 12.1 Å². The third kappa shape index (κ3) is 3.44. The predicted octanol–water partition coefficient (Wildman–Crippen LogP) is 1.54. The van der Waals surface area contributed by atoms with Crippen molar-refractivity contribution >= 4 is 5.91 Å². The van der Waals surface area contributed by atoms with Gasteiger partial charge in [-0.1, -0.05) is 18.2 Å². The highest BCUT2D eigenvalue weighted by Crippen LogP contribution is 2.21. The number of aliphatic hydroxyl groups is 1. The first-order valence-corrected chi connectivity index (χ1v) is 7.25. The standard InChI is InChI=1S/C17H18N2O3/c20-16-11-18-10-15(16)19-17(21)12-6-8-14(9-7-12)22-13-4-2-1-3-5-13/h1-9,15-16,18,20H,10-11H2,(H,19,21)/t15-,16-/m1/s1. The molecular weight excluding hydrogens is 280 g/mol. The van der Waals surface area contributed by atoms with Gasteiger partial charge in [-0.25, -0.2) is 0 Å². The molecule has 0 unspecified atom stereocenters. The van der Waals surface area contributed by atoms with Crippen molar-refractivity contribution in [3.63, 3.8) is 0 Å². The Morgan fingerprint density at radius 2 is 1.73 bits per heavy atom. The fraction of sp³-hybridized carbons (Fsp3) is 0.235. The van der Waals surface area contributed by atoms with Crippen LogP contribution in [-0.4, -0.2) is 36.2 Å². The molecular formula is C17H18N2O3. The minimum atomic E-state index is -0.537. The number of carbonyl (C=O) groups is 1. The molecule has 0 spiro atoms. The van der Waals surface area contributed by atoms with Gasteiger partial charge in [-0.2, -0.15) is 0 Å². The van der Waals surface area contributed by atoms with Crippen LogP contribution in [-0.2, 0) is 0 Å². The Bertz CT molecular complexity index is 628. The fourth-order valence-electron chi connectivity index (χ4n) is 2.36. The summed E-state index contributed by atoms with van der Waals surface area (Å²) in [5, 5.41) is 15.5. The Morgan fingerprint density at radius 1 is 1.05 bits per heavy atom. The summed E-state index contributed by atoms with van der Waals surface area (Å²) in [5.41, 5.74) is 0.541. The fourth-order valence-corrected chi connectivity index (χ4v) is 2.36. The largest absolute Gasteiger partial charge is 0.457 e. The van der Waals surface area contributed by atoms with E-state index < -0.39 is 6.10 Å². The molecule has 3 rings (SSSR count). The van der Waals surface area contributed by atoms with Crippen molar-refractivity contribution in [2.45, 2.75) is 12.1 Å². The third-order valence-corrected chi connectivity index (χ3v) is 3.59. The first-order chi connectivity index (χ1) is 10.7. The van der Waals surface area contributed by atoms with Gasteiger partial charge < -0.3 is 20.5 Å². The molecule has 0 saturated carbocycles. The maximum atomic E-state index is 12.1. The SMILES string of the molecule is O=C(N[C@@H]1CNC[C@H]1O)c1ccc(Oc2ccccc2)cc1. The van der Waals surface area contributed by atoms with Crippen molar-refractivity contribution in [3.8, 4) is 11.5 Å². The molecule has 0 radical (unpaired) electrons. The number of aliphatic hydroxyl groups excluding tert-OH is 1. The summed E-state index contributed by atoms with van der Waals surface area (Å²) in [4.78, 5) is 12.1. The Morgan fingerprint density at radius 3 is 2.36 bits per heavy atom. The van der Waals surface area contributed by atoms with Crippen molar-refractivity contribution < 1.29 is 14.6 Å². The van der Waals surface area contributed by atoms with Gasteiger partial charge in [0, 0.05) is 18.7 Å². The number of rotatable bonds is 4. The van der Waals surface area contributed by atoms with Crippen molar-refractivity contribution in [1.29, 1.82) is 0 Å². The zero-order valence-electron chi connectivity index (χ0n) is 12.0. The second-order valence-electron chi connectivity index (χ2n) is 5.25. The summed E-state index contributed by atoms with van der Waals surface area (Å²) in [6, 6.07) is 16.2. The first kappa shape index (κ1) is 14.6. The maximum absolute atomic E-state index is 12.1. The molecule has 2 atom stereocenters. The minimum absolute atomic E-state index is 0.195. The molecule has 1 aliphatic rings. The van der Waals surface area contributed by atoms with Crippen molar-refractivity contribution in [2.75, 3.05) is 13.1 Å². The van der Waals surface area contributed by atoms with E-state index in [1.807, 2.05) is 30.3 Å². The Balaban J connectivity index is 1.62. The molecule has 2 aromatic carbocycles. The molecule has 0 bridgehead atoms. The number of amides is 1. The average molecular weight is 298 g/mol. The summed E-state index contributed by atoms with van der Waals surface area (Å²) in [6.45, 7) is 1.09. The van der Waals surface area contributed by atoms with Gasteiger partial charge in [-0.05, 0) is 36.4 Å². The lowest BCUT2D eigenvalue weighted by molar-refractivity contribution is 0.0888. The van der Waals surface area contributed by atoms with Crippen molar-refractivity contribution in [2.24, 2.45) is 0 Å². The van der Waals surface area contributed by atoms with Crippen LogP contribution in [0.4, 0.5) is 0 Å². The summed E-state index contributed by atoms with van der Waals surface area (Å²) in [7, 11) is 0. The molecule has 114 valence electrons. The van der Waals surface area contributed by atoms with Gasteiger partial charge in [0.1, 0.15) is 11.5 Å². The molecule has 22 heavy (non-hydrogen) atoms. The van der Waals surface area contributed by atoms with Crippen LogP contribution < -0.4 is 15.4 Å². The van der Waals surface area contributed by atoms with E-state index in [4.69, 9.17) is 4.74 Å². The lowest BCUT2D eigenvalue weighted by atomic mass is 10.1. The number of β-amino-alcohol motifs (C(OH)–C–C–N with tert-alkyl or cyclic N) is 1. The van der Waals surface area contributed by atoms with Crippen LogP contribution in [0.1, 0.15) is 10.4 Å².